The molecule has 0 spiro atoms. The van der Waals surface area contributed by atoms with Crippen LogP contribution in [0.15, 0.2) is 0 Å². The minimum absolute atomic E-state index is 0. The first-order valence-corrected chi connectivity index (χ1v) is 0. The van der Waals surface area contributed by atoms with Crippen LogP contribution in [0.1, 0.15) is 0 Å². The molecule has 9 radical (unpaired) electrons. The summed E-state index contributed by atoms with van der Waals surface area (Å²) >= 11 is 0. The number of halogens is 2. The standard InChI is InChI=1S/C.ClH.FH.N.H2O.S/h;2*1H;;1H2;. The molecule has 0 aromatic rings. The highest BCUT2D eigenvalue weighted by Crippen LogP contribution is 0.690. The minimum Gasteiger partial charge on any atom is -0.412 e. The molecule has 2 N–H and O–H groups in total. The minimum atomic E-state index is 0. The second-order valence-electron chi connectivity index (χ2n) is 0. The SMILES string of the molecule is Cl.F.O.[C].[N].[S]. The van der Waals surface area contributed by atoms with Crippen molar-refractivity contribution in [3.8, 4) is 0 Å². The van der Waals surface area contributed by atoms with Gasteiger partial charge in [-0.25, -0.2) is 0 Å². The van der Waals surface area contributed by atoms with Gasteiger partial charge in [0, 0.05) is 27.1 Å². The topological polar surface area (TPSA) is 62.0 Å². The van der Waals surface area contributed by atoms with Crippen LogP contribution >= 0.6 is 25.9 Å². The average molecular weight is 133 g/mol. The molecule has 0 saturated heterocycles. The highest BCUT2D eigenvalue weighted by molar-refractivity contribution is 7.59. The molecular formula is CH4ClFNOS. The normalized spacial score (nSPS) is 0. The van der Waals surface area contributed by atoms with Gasteiger partial charge in [0.15, 0.2) is 0 Å². The summed E-state index contributed by atoms with van der Waals surface area (Å²) in [6, 6.07) is 0. The molecule has 39 valence electrons. The average Bonchev–Trinajstić information content (AvgIpc) is 0. The van der Waals surface area contributed by atoms with Gasteiger partial charge in [0.2, 0.25) is 0 Å². The third-order valence-electron chi connectivity index (χ3n) is 0. The van der Waals surface area contributed by atoms with E-state index in [1.165, 1.54) is 0 Å². The Morgan fingerprint density at radius 3 is 1.00 bits per heavy atom. The molecule has 0 aliphatic rings. The third-order valence-corrected chi connectivity index (χ3v) is 0. The second kappa shape index (κ2) is 461. The van der Waals surface area contributed by atoms with Gasteiger partial charge in [-0.3, -0.25) is 4.70 Å². The molecular weight excluding hydrogens is 129 g/mol. The molecule has 0 atom stereocenters. The predicted octanol–water partition coefficient (Wildman–Crippen LogP) is -0.00151. The summed E-state index contributed by atoms with van der Waals surface area (Å²) in [7, 11) is 0. The Morgan fingerprint density at radius 1 is 1.00 bits per heavy atom. The summed E-state index contributed by atoms with van der Waals surface area (Å²) < 4.78 is 0. The molecule has 0 aromatic carbocycles. The summed E-state index contributed by atoms with van der Waals surface area (Å²) in [5.74, 6) is 0. The van der Waals surface area contributed by atoms with E-state index in [1.54, 1.807) is 0 Å². The lowest BCUT2D eigenvalue weighted by atomic mass is 12.0. The zero-order valence-electron chi connectivity index (χ0n) is 2.67. The lowest BCUT2D eigenvalue weighted by Crippen LogP contribution is -0.481. The summed E-state index contributed by atoms with van der Waals surface area (Å²) in [5.41, 5.74) is 0. The molecule has 2 nitrogen and oxygen atoms in total. The summed E-state index contributed by atoms with van der Waals surface area (Å²) in [6.07, 6.45) is 0. The Labute approximate surface area is 50.4 Å². The number of rotatable bonds is 0. The molecule has 0 aromatic heterocycles. The highest BCUT2D eigenvalue weighted by atomic mass is 35.5. The van der Waals surface area contributed by atoms with Gasteiger partial charge in [-0.05, 0) is 0 Å². The maximum atomic E-state index is 0. The van der Waals surface area contributed by atoms with Gasteiger partial charge in [-0.1, -0.05) is 0 Å². The van der Waals surface area contributed by atoms with E-state index < -0.39 is 0 Å². The lowest BCUT2D eigenvalue weighted by Gasteiger charge is -0.412. The fourth-order valence-electron chi connectivity index (χ4n) is 0. The monoisotopic (exact) mass is 132 g/mol. The van der Waals surface area contributed by atoms with Crippen molar-refractivity contribution in [3.05, 3.63) is 7.43 Å². The van der Waals surface area contributed by atoms with Crippen LogP contribution in [0, 0.1) is 7.43 Å². The Morgan fingerprint density at radius 2 is 1.00 bits per heavy atom. The first-order valence-electron chi connectivity index (χ1n) is 0. The second-order valence-corrected chi connectivity index (χ2v) is 0. The van der Waals surface area contributed by atoms with Gasteiger partial charge in [0.1, 0.15) is 0 Å². The first kappa shape index (κ1) is 815. The lowest BCUT2D eigenvalue weighted by molar-refractivity contribution is 0.824. The Balaban J connectivity index is 0. The summed E-state index contributed by atoms with van der Waals surface area (Å²) in [5, 5.41) is 0. The fraction of sp³-hybridized carbons (Fsp3) is 0. The molecule has 0 saturated carbocycles. The first-order chi connectivity index (χ1) is 0. The largest absolute Gasteiger partial charge is 0.412 e. The van der Waals surface area contributed by atoms with E-state index in [0.717, 1.165) is 0 Å². The molecule has 0 heterocycles. The van der Waals surface area contributed by atoms with Crippen LogP contribution < -0.4 is 6.15 Å². The van der Waals surface area contributed by atoms with E-state index in [-0.39, 0.29) is 49.7 Å². The van der Waals surface area contributed by atoms with Crippen molar-refractivity contribution in [1.82, 2.24) is 6.15 Å². The van der Waals surface area contributed by atoms with Crippen LogP contribution in [0.2, 0.25) is 0 Å². The van der Waals surface area contributed by atoms with E-state index in [2.05, 4.69) is 0 Å². The molecule has 0 amide bonds. The van der Waals surface area contributed by atoms with E-state index >= 15 is 0 Å². The van der Waals surface area contributed by atoms with Crippen molar-refractivity contribution in [3.63, 3.8) is 0 Å². The fourth-order valence-corrected chi connectivity index (χ4v) is 0. The predicted molar refractivity (Wildman–Crippen MR) is 26.3 cm³/mol. The van der Waals surface area contributed by atoms with Gasteiger partial charge in [0.05, 0.1) is 0 Å². The zero-order chi connectivity index (χ0) is 0. The number of hydrogen-bond acceptors (Lipinski definition) is 0. The van der Waals surface area contributed by atoms with E-state index in [9.17, 15) is 0 Å². The molecule has 0 aliphatic heterocycles. The molecule has 0 fully saturated rings. The number of hydrogen-bond donors (Lipinski definition) is 0. The van der Waals surface area contributed by atoms with Crippen LogP contribution in [-0.4, -0.2) is 5.48 Å². The zero-order valence-corrected chi connectivity index (χ0v) is 4.30. The van der Waals surface area contributed by atoms with Crippen molar-refractivity contribution in [2.24, 2.45) is 0 Å². The van der Waals surface area contributed by atoms with E-state index in [4.69, 9.17) is 0 Å². The van der Waals surface area contributed by atoms with Crippen molar-refractivity contribution in [2.45, 2.75) is 0 Å². The van der Waals surface area contributed by atoms with Gasteiger partial charge in [-0.15, -0.1) is 12.4 Å². The summed E-state index contributed by atoms with van der Waals surface area (Å²) in [6.45, 7) is 0. The molecule has 0 unspecified atom stereocenters. The maximum absolute atomic E-state index is 0. The third kappa shape index (κ3) is 228. The van der Waals surface area contributed by atoms with Crippen molar-refractivity contribution in [1.29, 1.82) is 0 Å². The molecule has 0 bridgehead atoms. The molecule has 6 heavy (non-hydrogen) atoms. The quantitative estimate of drug-likeness (QED) is 0.446. The Bertz CT molecular complexity index is 15.5. The molecule has 0 aliphatic carbocycles. The van der Waals surface area contributed by atoms with Crippen LogP contribution in [0.3, 0.4) is 0 Å². The van der Waals surface area contributed by atoms with Crippen LogP contribution in [0.4, 0.5) is 4.70 Å². The summed E-state index contributed by atoms with van der Waals surface area (Å²) in [4.78, 5) is 0. The van der Waals surface area contributed by atoms with E-state index in [0.29, 0.717) is 0 Å². The molecule has 0 rings (SSSR count). The highest BCUT2D eigenvalue weighted by Gasteiger charge is 0.00204. The van der Waals surface area contributed by atoms with Crippen molar-refractivity contribution < 1.29 is 10.2 Å². The van der Waals surface area contributed by atoms with Gasteiger partial charge >= 0.3 is 0 Å². The van der Waals surface area contributed by atoms with Crippen LogP contribution in [0.25, 0.3) is 0 Å². The van der Waals surface area contributed by atoms with Crippen LogP contribution in [0.5, 0.6) is 0 Å². The molecule has 5 heteroatoms. The van der Waals surface area contributed by atoms with E-state index in [1.807, 2.05) is 0 Å². The van der Waals surface area contributed by atoms with Crippen molar-refractivity contribution in [2.75, 3.05) is 0 Å². The Kier molecular flexibility index (Phi) is 62600. The van der Waals surface area contributed by atoms with Gasteiger partial charge < -0.3 is 5.48 Å². The van der Waals surface area contributed by atoms with Crippen molar-refractivity contribution >= 4 is 25.9 Å². The van der Waals surface area contributed by atoms with Crippen LogP contribution in [-0.2, 0) is 0 Å². The maximum Gasteiger partial charge on any atom is 0 e. The number of nitrogens with zero attached hydrogens (tertiary/aromatic N) is 1. The van der Waals surface area contributed by atoms with Gasteiger partial charge in [-0.2, -0.15) is 0 Å². The van der Waals surface area contributed by atoms with Gasteiger partial charge in [0.25, 0.3) is 0 Å². The Hall–Kier alpha value is 0.490. The smallest absolute Gasteiger partial charge is 0 e.